The summed E-state index contributed by atoms with van der Waals surface area (Å²) in [4.78, 5) is 7.96. The molecule has 0 saturated heterocycles. The zero-order chi connectivity index (χ0) is 10.8. The first-order valence-electron chi connectivity index (χ1n) is 5.27. The predicted molar refractivity (Wildman–Crippen MR) is 59.4 cm³/mol. The summed E-state index contributed by atoms with van der Waals surface area (Å²) in [5, 5.41) is 0. The van der Waals surface area contributed by atoms with Crippen LogP contribution in [0.2, 0.25) is 0 Å². The van der Waals surface area contributed by atoms with Crippen molar-refractivity contribution in [2.45, 2.75) is 46.0 Å². The van der Waals surface area contributed by atoms with Crippen LogP contribution in [0.4, 0.5) is 0 Å². The van der Waals surface area contributed by atoms with Gasteiger partial charge in [-0.2, -0.15) is 0 Å². The summed E-state index contributed by atoms with van der Waals surface area (Å²) in [7, 11) is 0. The van der Waals surface area contributed by atoms with Crippen molar-refractivity contribution in [1.82, 2.24) is 9.97 Å². The van der Waals surface area contributed by atoms with E-state index in [0.717, 1.165) is 18.7 Å². The highest BCUT2D eigenvalue weighted by Crippen LogP contribution is 2.24. The topological polar surface area (TPSA) is 54.7 Å². The Morgan fingerprint density at radius 1 is 1.43 bits per heavy atom. The molecule has 0 spiro atoms. The second-order valence-corrected chi connectivity index (χ2v) is 4.43. The second kappa shape index (κ2) is 4.13. The number of imidazole rings is 1. The summed E-state index contributed by atoms with van der Waals surface area (Å²) >= 11 is 0. The summed E-state index contributed by atoms with van der Waals surface area (Å²) in [6.45, 7) is 9.26. The van der Waals surface area contributed by atoms with Crippen LogP contribution in [0.5, 0.6) is 0 Å². The van der Waals surface area contributed by atoms with Crippen molar-refractivity contribution < 1.29 is 0 Å². The van der Waals surface area contributed by atoms with Crippen LogP contribution >= 0.6 is 0 Å². The Balaban J connectivity index is 2.95. The molecule has 80 valence electrons. The molecule has 0 aromatic carbocycles. The average molecular weight is 195 g/mol. The van der Waals surface area contributed by atoms with Gasteiger partial charge in [0.1, 0.15) is 5.82 Å². The molecular weight excluding hydrogens is 174 g/mol. The lowest BCUT2D eigenvalue weighted by atomic mass is 9.88. The molecule has 3 nitrogen and oxygen atoms in total. The summed E-state index contributed by atoms with van der Waals surface area (Å²) in [5.41, 5.74) is 8.01. The highest BCUT2D eigenvalue weighted by molar-refractivity contribution is 5.17. The molecule has 0 radical (unpaired) electrons. The molecule has 1 aromatic rings. The van der Waals surface area contributed by atoms with E-state index in [2.05, 4.69) is 37.7 Å². The van der Waals surface area contributed by atoms with Gasteiger partial charge in [0.2, 0.25) is 0 Å². The van der Waals surface area contributed by atoms with E-state index >= 15 is 0 Å². The van der Waals surface area contributed by atoms with E-state index < -0.39 is 0 Å². The number of aromatic amines is 1. The minimum atomic E-state index is 0.0624. The van der Waals surface area contributed by atoms with Crippen LogP contribution in [-0.2, 0) is 11.8 Å². The van der Waals surface area contributed by atoms with Gasteiger partial charge in [-0.25, -0.2) is 4.98 Å². The number of hydrogen-bond donors (Lipinski definition) is 2. The van der Waals surface area contributed by atoms with Crippen LogP contribution in [-0.4, -0.2) is 16.5 Å². The molecule has 0 atom stereocenters. The van der Waals surface area contributed by atoms with Gasteiger partial charge in [-0.15, -0.1) is 0 Å². The first-order valence-corrected chi connectivity index (χ1v) is 5.27. The summed E-state index contributed by atoms with van der Waals surface area (Å²) in [6, 6.07) is 0. The number of aromatic nitrogens is 2. The fraction of sp³-hybridized carbons (Fsp3) is 0.727. The normalized spacial score (nSPS) is 12.1. The van der Waals surface area contributed by atoms with Crippen LogP contribution in [0.25, 0.3) is 0 Å². The molecule has 0 aliphatic heterocycles. The number of rotatable bonds is 4. The van der Waals surface area contributed by atoms with Gasteiger partial charge in [0.05, 0.1) is 5.69 Å². The fourth-order valence-electron chi connectivity index (χ4n) is 1.64. The molecule has 0 saturated carbocycles. The summed E-state index contributed by atoms with van der Waals surface area (Å²) in [6.07, 6.45) is 1.95. The van der Waals surface area contributed by atoms with E-state index in [4.69, 9.17) is 5.73 Å². The maximum Gasteiger partial charge on any atom is 0.112 e. The van der Waals surface area contributed by atoms with Gasteiger partial charge in [0, 0.05) is 11.1 Å². The first-order chi connectivity index (χ1) is 6.51. The average Bonchev–Trinajstić information content (AvgIpc) is 2.47. The monoisotopic (exact) mass is 195 g/mol. The van der Waals surface area contributed by atoms with Gasteiger partial charge in [-0.1, -0.05) is 20.8 Å². The Labute approximate surface area is 86.1 Å². The van der Waals surface area contributed by atoms with E-state index in [9.17, 15) is 0 Å². The second-order valence-electron chi connectivity index (χ2n) is 4.43. The molecule has 1 heterocycles. The van der Waals surface area contributed by atoms with E-state index in [1.165, 1.54) is 11.4 Å². The molecule has 0 bridgehead atoms. The molecule has 0 aliphatic carbocycles. The minimum Gasteiger partial charge on any atom is -0.345 e. The van der Waals surface area contributed by atoms with Crippen molar-refractivity contribution in [2.75, 3.05) is 6.54 Å². The SMILES string of the molecule is CCc1nc(C(C)(C)CCN)[nH]c1C. The van der Waals surface area contributed by atoms with Crippen LogP contribution in [0.3, 0.4) is 0 Å². The van der Waals surface area contributed by atoms with Gasteiger partial charge in [0.25, 0.3) is 0 Å². The molecule has 0 unspecified atom stereocenters. The largest absolute Gasteiger partial charge is 0.345 e. The van der Waals surface area contributed by atoms with Gasteiger partial charge in [-0.3, -0.25) is 0 Å². The Hall–Kier alpha value is -0.830. The third kappa shape index (κ3) is 2.15. The highest BCUT2D eigenvalue weighted by Gasteiger charge is 2.23. The number of nitrogens with zero attached hydrogens (tertiary/aromatic N) is 1. The number of nitrogens with one attached hydrogen (secondary N) is 1. The van der Waals surface area contributed by atoms with Crippen LogP contribution in [0, 0.1) is 6.92 Å². The minimum absolute atomic E-state index is 0.0624. The van der Waals surface area contributed by atoms with Gasteiger partial charge < -0.3 is 10.7 Å². The number of aryl methyl sites for hydroxylation is 2. The zero-order valence-corrected chi connectivity index (χ0v) is 9.65. The summed E-state index contributed by atoms with van der Waals surface area (Å²) in [5.74, 6) is 1.07. The number of hydrogen-bond acceptors (Lipinski definition) is 2. The highest BCUT2D eigenvalue weighted by atomic mass is 14.9. The number of nitrogens with two attached hydrogens (primary N) is 1. The lowest BCUT2D eigenvalue weighted by Crippen LogP contribution is -2.23. The predicted octanol–water partition coefficient (Wildman–Crippen LogP) is 1.91. The van der Waals surface area contributed by atoms with Crippen molar-refractivity contribution in [2.24, 2.45) is 5.73 Å². The Kier molecular flexibility index (Phi) is 3.32. The van der Waals surface area contributed by atoms with Crippen LogP contribution in [0.1, 0.15) is 44.4 Å². The van der Waals surface area contributed by atoms with E-state index in [0.29, 0.717) is 6.54 Å². The van der Waals surface area contributed by atoms with Gasteiger partial charge in [0.15, 0.2) is 0 Å². The molecule has 0 aliphatic rings. The van der Waals surface area contributed by atoms with Crippen LogP contribution < -0.4 is 5.73 Å². The third-order valence-corrected chi connectivity index (χ3v) is 2.73. The van der Waals surface area contributed by atoms with E-state index in [1.54, 1.807) is 0 Å². The smallest absolute Gasteiger partial charge is 0.112 e. The zero-order valence-electron chi connectivity index (χ0n) is 9.65. The molecule has 3 heteroatoms. The van der Waals surface area contributed by atoms with E-state index in [-0.39, 0.29) is 5.41 Å². The Morgan fingerprint density at radius 3 is 2.50 bits per heavy atom. The molecule has 0 amide bonds. The lowest BCUT2D eigenvalue weighted by Gasteiger charge is -2.20. The molecule has 3 N–H and O–H groups in total. The quantitative estimate of drug-likeness (QED) is 0.771. The van der Waals surface area contributed by atoms with E-state index in [1.807, 2.05) is 0 Å². The summed E-state index contributed by atoms with van der Waals surface area (Å²) < 4.78 is 0. The van der Waals surface area contributed by atoms with Crippen molar-refractivity contribution >= 4 is 0 Å². The molecule has 0 fully saturated rings. The first kappa shape index (κ1) is 11.2. The van der Waals surface area contributed by atoms with Crippen LogP contribution in [0.15, 0.2) is 0 Å². The van der Waals surface area contributed by atoms with Crippen molar-refractivity contribution in [1.29, 1.82) is 0 Å². The molecular formula is C11H21N3. The lowest BCUT2D eigenvalue weighted by molar-refractivity contribution is 0.460. The Bertz CT molecular complexity index is 299. The fourth-order valence-corrected chi connectivity index (χ4v) is 1.64. The van der Waals surface area contributed by atoms with Crippen molar-refractivity contribution in [3.8, 4) is 0 Å². The van der Waals surface area contributed by atoms with Crippen molar-refractivity contribution in [3.05, 3.63) is 17.2 Å². The van der Waals surface area contributed by atoms with Gasteiger partial charge >= 0.3 is 0 Å². The standard InChI is InChI=1S/C11H21N3/c1-5-9-8(2)13-10(14-9)11(3,4)6-7-12/h5-7,12H2,1-4H3,(H,13,14). The molecule has 14 heavy (non-hydrogen) atoms. The molecule has 1 aromatic heterocycles. The maximum atomic E-state index is 5.59. The third-order valence-electron chi connectivity index (χ3n) is 2.73. The Morgan fingerprint density at radius 2 is 2.07 bits per heavy atom. The maximum absolute atomic E-state index is 5.59. The molecule has 1 rings (SSSR count). The van der Waals surface area contributed by atoms with Crippen molar-refractivity contribution in [3.63, 3.8) is 0 Å². The number of H-pyrrole nitrogens is 1. The van der Waals surface area contributed by atoms with Gasteiger partial charge in [-0.05, 0) is 26.3 Å².